The van der Waals surface area contributed by atoms with Gasteiger partial charge in [0.1, 0.15) is 0 Å². The van der Waals surface area contributed by atoms with E-state index < -0.39 is 0 Å². The van der Waals surface area contributed by atoms with E-state index in [4.69, 9.17) is 0 Å². The number of hydrogen-bond donors (Lipinski definition) is 1. The molecule has 16 heavy (non-hydrogen) atoms. The molecule has 0 saturated carbocycles. The van der Waals surface area contributed by atoms with E-state index in [9.17, 15) is 9.59 Å². The van der Waals surface area contributed by atoms with Gasteiger partial charge in [0.2, 0.25) is 11.8 Å². The predicted molar refractivity (Wildman–Crippen MR) is 60.7 cm³/mol. The Morgan fingerprint density at radius 3 is 2.56 bits per heavy atom. The van der Waals surface area contributed by atoms with Gasteiger partial charge in [0.15, 0.2) is 0 Å². The quantitative estimate of drug-likeness (QED) is 0.768. The van der Waals surface area contributed by atoms with E-state index in [0.29, 0.717) is 12.8 Å². The fraction of sp³-hybridized carbons (Fsp3) is 0.385. The molecule has 2 unspecified atom stereocenters. The number of imide groups is 1. The lowest BCUT2D eigenvalue weighted by Gasteiger charge is -2.26. The average Bonchev–Trinajstić information content (AvgIpc) is 2.29. The summed E-state index contributed by atoms with van der Waals surface area (Å²) >= 11 is 0. The van der Waals surface area contributed by atoms with Crippen molar-refractivity contribution in [2.75, 3.05) is 0 Å². The SMILES string of the molecule is CC(c1ccccc1)C1CCC(=O)NC1=O. The molecule has 3 heteroatoms. The number of nitrogens with one attached hydrogen (secondary N) is 1. The van der Waals surface area contributed by atoms with Crippen molar-refractivity contribution < 1.29 is 9.59 Å². The molecule has 1 aliphatic rings. The minimum absolute atomic E-state index is 0.0832. The lowest BCUT2D eigenvalue weighted by molar-refractivity contribution is -0.136. The highest BCUT2D eigenvalue weighted by Gasteiger charge is 2.31. The number of carbonyl (C=O) groups is 2. The molecular weight excluding hydrogens is 202 g/mol. The molecule has 0 bridgehead atoms. The van der Waals surface area contributed by atoms with E-state index in [1.807, 2.05) is 37.3 Å². The summed E-state index contributed by atoms with van der Waals surface area (Å²) in [5, 5.41) is 2.40. The van der Waals surface area contributed by atoms with Crippen LogP contribution in [0.4, 0.5) is 0 Å². The minimum Gasteiger partial charge on any atom is -0.296 e. The van der Waals surface area contributed by atoms with Gasteiger partial charge in [0.05, 0.1) is 0 Å². The summed E-state index contributed by atoms with van der Waals surface area (Å²) in [6.07, 6.45) is 1.11. The number of hydrogen-bond acceptors (Lipinski definition) is 2. The first-order valence-corrected chi connectivity index (χ1v) is 5.57. The van der Waals surface area contributed by atoms with Crippen molar-refractivity contribution in [2.24, 2.45) is 5.92 Å². The molecule has 2 rings (SSSR count). The maximum absolute atomic E-state index is 11.7. The molecule has 0 aromatic heterocycles. The fourth-order valence-corrected chi connectivity index (χ4v) is 2.18. The van der Waals surface area contributed by atoms with Crippen LogP contribution in [-0.4, -0.2) is 11.8 Å². The van der Waals surface area contributed by atoms with Gasteiger partial charge < -0.3 is 0 Å². The standard InChI is InChI=1S/C13H15NO2/c1-9(10-5-3-2-4-6-10)11-7-8-12(15)14-13(11)16/h2-6,9,11H,7-8H2,1H3,(H,14,15,16). The van der Waals surface area contributed by atoms with Crippen LogP contribution in [-0.2, 0) is 9.59 Å². The van der Waals surface area contributed by atoms with Crippen molar-refractivity contribution in [1.82, 2.24) is 5.32 Å². The lowest BCUT2D eigenvalue weighted by Crippen LogP contribution is -2.42. The van der Waals surface area contributed by atoms with E-state index >= 15 is 0 Å². The molecule has 3 nitrogen and oxygen atoms in total. The largest absolute Gasteiger partial charge is 0.296 e. The van der Waals surface area contributed by atoms with Gasteiger partial charge in [-0.2, -0.15) is 0 Å². The Kier molecular flexibility index (Phi) is 3.04. The third-order valence-electron chi connectivity index (χ3n) is 3.21. The van der Waals surface area contributed by atoms with E-state index in [1.54, 1.807) is 0 Å². The molecule has 1 aromatic carbocycles. The molecule has 0 aliphatic carbocycles. The maximum Gasteiger partial charge on any atom is 0.230 e. The summed E-state index contributed by atoms with van der Waals surface area (Å²) in [5.74, 6) is -0.205. The molecule has 0 spiro atoms. The van der Waals surface area contributed by atoms with Gasteiger partial charge in [-0.15, -0.1) is 0 Å². The molecule has 84 valence electrons. The Bertz CT molecular complexity index is 400. The summed E-state index contributed by atoms with van der Waals surface area (Å²) in [5.41, 5.74) is 1.15. The Labute approximate surface area is 94.9 Å². The molecule has 1 aliphatic heterocycles. The van der Waals surface area contributed by atoms with E-state index in [-0.39, 0.29) is 23.7 Å². The summed E-state index contributed by atoms with van der Waals surface area (Å²) < 4.78 is 0. The zero-order valence-corrected chi connectivity index (χ0v) is 9.27. The third-order valence-corrected chi connectivity index (χ3v) is 3.21. The van der Waals surface area contributed by atoms with Gasteiger partial charge in [0, 0.05) is 12.3 Å². The van der Waals surface area contributed by atoms with Gasteiger partial charge in [0.25, 0.3) is 0 Å². The highest BCUT2D eigenvalue weighted by molar-refractivity contribution is 5.99. The first kappa shape index (κ1) is 10.9. The second-order valence-corrected chi connectivity index (χ2v) is 4.26. The number of carbonyl (C=O) groups excluding carboxylic acids is 2. The number of piperidine rings is 1. The summed E-state index contributed by atoms with van der Waals surface area (Å²) in [6.45, 7) is 2.04. The molecule has 2 atom stereocenters. The van der Waals surface area contributed by atoms with Crippen LogP contribution < -0.4 is 5.32 Å². The monoisotopic (exact) mass is 217 g/mol. The average molecular weight is 217 g/mol. The van der Waals surface area contributed by atoms with Gasteiger partial charge in [-0.25, -0.2) is 0 Å². The first-order valence-electron chi connectivity index (χ1n) is 5.57. The second kappa shape index (κ2) is 4.47. The van der Waals surface area contributed by atoms with Crippen LogP contribution >= 0.6 is 0 Å². The molecule has 1 saturated heterocycles. The highest BCUT2D eigenvalue weighted by atomic mass is 16.2. The summed E-state index contributed by atoms with van der Waals surface area (Å²) in [6, 6.07) is 9.94. The Hall–Kier alpha value is -1.64. The van der Waals surface area contributed by atoms with Crippen molar-refractivity contribution in [3.8, 4) is 0 Å². The fourth-order valence-electron chi connectivity index (χ4n) is 2.18. The van der Waals surface area contributed by atoms with Crippen LogP contribution in [0, 0.1) is 5.92 Å². The van der Waals surface area contributed by atoms with E-state index in [0.717, 1.165) is 5.56 Å². The molecule has 2 amide bonds. The summed E-state index contributed by atoms with van der Waals surface area (Å²) in [7, 11) is 0. The van der Waals surface area contributed by atoms with Crippen molar-refractivity contribution in [1.29, 1.82) is 0 Å². The van der Waals surface area contributed by atoms with Crippen LogP contribution in [0.3, 0.4) is 0 Å². The number of benzene rings is 1. The van der Waals surface area contributed by atoms with Crippen LogP contribution in [0.15, 0.2) is 30.3 Å². The van der Waals surface area contributed by atoms with Gasteiger partial charge in [-0.05, 0) is 17.9 Å². The Morgan fingerprint density at radius 2 is 1.94 bits per heavy atom. The van der Waals surface area contributed by atoms with Gasteiger partial charge in [-0.3, -0.25) is 14.9 Å². The first-order chi connectivity index (χ1) is 7.68. The minimum atomic E-state index is -0.151. The number of rotatable bonds is 2. The molecule has 1 N–H and O–H groups in total. The topological polar surface area (TPSA) is 46.2 Å². The zero-order chi connectivity index (χ0) is 11.5. The van der Waals surface area contributed by atoms with Crippen LogP contribution in [0.25, 0.3) is 0 Å². The molecule has 0 radical (unpaired) electrons. The number of amides is 2. The van der Waals surface area contributed by atoms with Crippen molar-refractivity contribution in [3.05, 3.63) is 35.9 Å². The second-order valence-electron chi connectivity index (χ2n) is 4.26. The Balaban J connectivity index is 2.13. The molecule has 1 aromatic rings. The third kappa shape index (κ3) is 2.13. The van der Waals surface area contributed by atoms with Gasteiger partial charge in [-0.1, -0.05) is 37.3 Å². The van der Waals surface area contributed by atoms with E-state index in [1.165, 1.54) is 0 Å². The van der Waals surface area contributed by atoms with Crippen LogP contribution in [0.1, 0.15) is 31.2 Å². The van der Waals surface area contributed by atoms with Crippen molar-refractivity contribution in [3.63, 3.8) is 0 Å². The predicted octanol–water partition coefficient (Wildman–Crippen LogP) is 1.84. The van der Waals surface area contributed by atoms with Gasteiger partial charge >= 0.3 is 0 Å². The molecular formula is C13H15NO2. The smallest absolute Gasteiger partial charge is 0.230 e. The van der Waals surface area contributed by atoms with E-state index in [2.05, 4.69) is 5.32 Å². The lowest BCUT2D eigenvalue weighted by atomic mass is 9.82. The molecule has 1 fully saturated rings. The van der Waals surface area contributed by atoms with Crippen LogP contribution in [0.5, 0.6) is 0 Å². The van der Waals surface area contributed by atoms with Crippen LogP contribution in [0.2, 0.25) is 0 Å². The maximum atomic E-state index is 11.7. The highest BCUT2D eigenvalue weighted by Crippen LogP contribution is 2.29. The van der Waals surface area contributed by atoms with Crippen molar-refractivity contribution in [2.45, 2.75) is 25.7 Å². The van der Waals surface area contributed by atoms with Crippen molar-refractivity contribution >= 4 is 11.8 Å². The summed E-state index contributed by atoms with van der Waals surface area (Å²) in [4.78, 5) is 22.7. The normalized spacial score (nSPS) is 22.7. The molecule has 1 heterocycles. The zero-order valence-electron chi connectivity index (χ0n) is 9.27. The Morgan fingerprint density at radius 1 is 1.25 bits per heavy atom.